The van der Waals surface area contributed by atoms with Crippen LogP contribution in [0.1, 0.15) is 20.3 Å². The quantitative estimate of drug-likeness (QED) is 0.575. The predicted octanol–water partition coefficient (Wildman–Crippen LogP) is 1.86. The number of ether oxygens (including phenoxy) is 2. The summed E-state index contributed by atoms with van der Waals surface area (Å²) in [5, 5.41) is 0. The van der Waals surface area contributed by atoms with Gasteiger partial charge in [-0.2, -0.15) is 0 Å². The Morgan fingerprint density at radius 2 is 2.00 bits per heavy atom. The summed E-state index contributed by atoms with van der Waals surface area (Å²) in [7, 11) is 0. The van der Waals surface area contributed by atoms with Crippen molar-refractivity contribution in [2.24, 2.45) is 23.2 Å². The van der Waals surface area contributed by atoms with Crippen LogP contribution >= 0.6 is 0 Å². The summed E-state index contributed by atoms with van der Waals surface area (Å²) in [5.74, 6) is 0.498. The highest BCUT2D eigenvalue weighted by atomic mass is 16.5. The van der Waals surface area contributed by atoms with Crippen LogP contribution in [0.15, 0.2) is 24.3 Å². The normalized spacial score (nSPS) is 41.4. The van der Waals surface area contributed by atoms with Gasteiger partial charge in [-0.25, -0.2) is 0 Å². The third kappa shape index (κ3) is 1.81. The molecule has 1 fully saturated rings. The molecular weight excluding hydrogens is 244 g/mol. The van der Waals surface area contributed by atoms with Crippen LogP contribution in [-0.4, -0.2) is 24.6 Å². The fraction of sp³-hybridized carbons (Fsp3) is 0.600. The summed E-state index contributed by atoms with van der Waals surface area (Å²) in [4.78, 5) is 22.3. The van der Waals surface area contributed by atoms with E-state index < -0.39 is 0 Å². The number of rotatable bonds is 3. The highest BCUT2D eigenvalue weighted by Gasteiger charge is 2.60. The molecule has 2 bridgehead atoms. The van der Waals surface area contributed by atoms with Crippen LogP contribution in [0.25, 0.3) is 0 Å². The summed E-state index contributed by atoms with van der Waals surface area (Å²) in [5.41, 5.74) is -0.175. The third-order valence-electron chi connectivity index (χ3n) is 4.67. The van der Waals surface area contributed by atoms with E-state index in [1.54, 1.807) is 0 Å². The molecule has 4 unspecified atom stereocenters. The van der Waals surface area contributed by atoms with Gasteiger partial charge in [0.15, 0.2) is 0 Å². The van der Waals surface area contributed by atoms with Crippen molar-refractivity contribution in [1.82, 2.24) is 0 Å². The average molecular weight is 262 g/mol. The van der Waals surface area contributed by atoms with Crippen molar-refractivity contribution in [3.05, 3.63) is 24.3 Å². The van der Waals surface area contributed by atoms with Crippen LogP contribution in [0.2, 0.25) is 0 Å². The maximum atomic E-state index is 11.2. The van der Waals surface area contributed by atoms with Crippen LogP contribution in [0.4, 0.5) is 0 Å². The molecular formula is C15H18O4. The fourth-order valence-corrected chi connectivity index (χ4v) is 4.00. The molecule has 3 aliphatic carbocycles. The fourth-order valence-electron chi connectivity index (χ4n) is 4.00. The Labute approximate surface area is 112 Å². The van der Waals surface area contributed by atoms with Crippen molar-refractivity contribution in [3.63, 3.8) is 0 Å². The second-order valence-corrected chi connectivity index (χ2v) is 5.74. The third-order valence-corrected chi connectivity index (χ3v) is 4.67. The number of esters is 2. The lowest BCUT2D eigenvalue weighted by Gasteiger charge is -2.37. The van der Waals surface area contributed by atoms with E-state index in [1.807, 2.05) is 6.08 Å². The van der Waals surface area contributed by atoms with Crippen LogP contribution < -0.4 is 0 Å². The van der Waals surface area contributed by atoms with E-state index in [-0.39, 0.29) is 29.4 Å². The first kappa shape index (κ1) is 12.5. The van der Waals surface area contributed by atoms with E-state index in [0.717, 1.165) is 6.42 Å². The van der Waals surface area contributed by atoms with Crippen molar-refractivity contribution in [2.45, 2.75) is 26.4 Å². The smallest absolute Gasteiger partial charge is 0.303 e. The van der Waals surface area contributed by atoms with Crippen LogP contribution in [0, 0.1) is 23.2 Å². The Bertz CT molecular complexity index is 479. The molecule has 0 N–H and O–H groups in total. The van der Waals surface area contributed by atoms with Gasteiger partial charge in [0, 0.05) is 25.2 Å². The molecule has 4 heteroatoms. The standard InChI is InChI=1S/C15H18O4/c1-9(16)18-8-15-6-5-13(19-10(2)17)14(15)11-3-4-12(15)7-11/h3-6,11-14H,7-8H2,1-2H3/t11?,12?,13?,14?,15-/m0/s1. The maximum Gasteiger partial charge on any atom is 0.303 e. The van der Waals surface area contributed by atoms with E-state index in [4.69, 9.17) is 9.47 Å². The Morgan fingerprint density at radius 1 is 1.21 bits per heavy atom. The number of fused-ring (bicyclic) bond motifs is 5. The minimum absolute atomic E-state index is 0.175. The van der Waals surface area contributed by atoms with Gasteiger partial charge in [0.25, 0.3) is 0 Å². The molecule has 0 aromatic heterocycles. The summed E-state index contributed by atoms with van der Waals surface area (Å²) < 4.78 is 10.7. The molecule has 0 aliphatic heterocycles. The first-order valence-corrected chi connectivity index (χ1v) is 6.71. The van der Waals surface area contributed by atoms with Gasteiger partial charge >= 0.3 is 11.9 Å². The number of carbonyl (C=O) groups is 2. The molecule has 102 valence electrons. The minimum atomic E-state index is -0.260. The molecule has 3 rings (SSSR count). The van der Waals surface area contributed by atoms with Crippen molar-refractivity contribution in [1.29, 1.82) is 0 Å². The van der Waals surface area contributed by atoms with Crippen LogP contribution in [-0.2, 0) is 19.1 Å². The molecule has 0 amide bonds. The van der Waals surface area contributed by atoms with E-state index >= 15 is 0 Å². The zero-order chi connectivity index (χ0) is 13.6. The molecule has 3 aliphatic rings. The first-order chi connectivity index (χ1) is 9.03. The van der Waals surface area contributed by atoms with Gasteiger partial charge in [0.1, 0.15) is 12.7 Å². The lowest BCUT2D eigenvalue weighted by Crippen LogP contribution is -2.40. The van der Waals surface area contributed by atoms with E-state index in [2.05, 4.69) is 18.2 Å². The second kappa shape index (κ2) is 4.22. The molecule has 4 nitrogen and oxygen atoms in total. The first-order valence-electron chi connectivity index (χ1n) is 6.71. The Kier molecular flexibility index (Phi) is 2.77. The SMILES string of the molecule is CC(=O)OC[C@]12C=CC(OC(C)=O)C1C1C=CC2C1. The molecule has 19 heavy (non-hydrogen) atoms. The molecule has 0 aromatic carbocycles. The van der Waals surface area contributed by atoms with Gasteiger partial charge < -0.3 is 9.47 Å². The van der Waals surface area contributed by atoms with Gasteiger partial charge in [-0.3, -0.25) is 9.59 Å². The maximum absolute atomic E-state index is 11.2. The summed E-state index contributed by atoms with van der Waals surface area (Å²) >= 11 is 0. The largest absolute Gasteiger partial charge is 0.465 e. The Balaban J connectivity index is 1.85. The lowest BCUT2D eigenvalue weighted by molar-refractivity contribution is -0.152. The summed E-state index contributed by atoms with van der Waals surface area (Å²) in [6, 6.07) is 0. The molecule has 0 radical (unpaired) electrons. The molecule has 0 saturated heterocycles. The molecule has 0 aromatic rings. The zero-order valence-corrected chi connectivity index (χ0v) is 11.2. The molecule has 0 heterocycles. The van der Waals surface area contributed by atoms with Gasteiger partial charge in [-0.05, 0) is 24.3 Å². The molecule has 0 spiro atoms. The van der Waals surface area contributed by atoms with Crippen molar-refractivity contribution < 1.29 is 19.1 Å². The van der Waals surface area contributed by atoms with Crippen LogP contribution in [0.3, 0.4) is 0 Å². The van der Waals surface area contributed by atoms with Crippen LogP contribution in [0.5, 0.6) is 0 Å². The van der Waals surface area contributed by atoms with Gasteiger partial charge in [0.05, 0.1) is 0 Å². The lowest BCUT2D eigenvalue weighted by atomic mass is 9.70. The zero-order valence-electron chi connectivity index (χ0n) is 11.2. The van der Waals surface area contributed by atoms with Gasteiger partial charge in [0.2, 0.25) is 0 Å². The average Bonchev–Trinajstić information content (AvgIpc) is 2.98. The van der Waals surface area contributed by atoms with E-state index in [9.17, 15) is 9.59 Å². The number of allylic oxidation sites excluding steroid dienone is 2. The molecule has 1 saturated carbocycles. The minimum Gasteiger partial charge on any atom is -0.465 e. The number of hydrogen-bond acceptors (Lipinski definition) is 4. The van der Waals surface area contributed by atoms with Gasteiger partial charge in [-0.15, -0.1) is 0 Å². The number of carbonyl (C=O) groups excluding carboxylic acids is 2. The highest BCUT2D eigenvalue weighted by Crippen LogP contribution is 2.61. The highest BCUT2D eigenvalue weighted by molar-refractivity contribution is 5.67. The summed E-state index contributed by atoms with van der Waals surface area (Å²) in [6.45, 7) is 3.24. The van der Waals surface area contributed by atoms with Crippen molar-refractivity contribution in [2.75, 3.05) is 6.61 Å². The van der Waals surface area contributed by atoms with Crippen molar-refractivity contribution in [3.8, 4) is 0 Å². The van der Waals surface area contributed by atoms with E-state index in [1.165, 1.54) is 13.8 Å². The summed E-state index contributed by atoms with van der Waals surface area (Å²) in [6.07, 6.45) is 9.36. The topological polar surface area (TPSA) is 52.6 Å². The predicted molar refractivity (Wildman–Crippen MR) is 68.0 cm³/mol. The van der Waals surface area contributed by atoms with Crippen molar-refractivity contribution >= 4 is 11.9 Å². The Hall–Kier alpha value is -1.58. The van der Waals surface area contributed by atoms with Gasteiger partial charge in [-0.1, -0.05) is 18.2 Å². The molecule has 5 atom stereocenters. The Morgan fingerprint density at radius 3 is 2.68 bits per heavy atom. The van der Waals surface area contributed by atoms with E-state index in [0.29, 0.717) is 18.4 Å². The number of hydrogen-bond donors (Lipinski definition) is 0. The second-order valence-electron chi connectivity index (χ2n) is 5.74. The monoisotopic (exact) mass is 262 g/mol.